The molecule has 0 aromatic carbocycles. The predicted molar refractivity (Wildman–Crippen MR) is 106 cm³/mol. The Hall–Kier alpha value is -2.46. The van der Waals surface area contributed by atoms with Crippen LogP contribution < -0.4 is 16.4 Å². The SMILES string of the molecule is CCCCN1C(=O)C2C(c3cccs3)NC(CCCNC(N)=O)(C(=O)O)C2C1=O. The van der Waals surface area contributed by atoms with Crippen molar-refractivity contribution in [1.82, 2.24) is 15.5 Å². The molecule has 0 aliphatic carbocycles. The molecular formula is C19H26N4O5S. The summed E-state index contributed by atoms with van der Waals surface area (Å²) < 4.78 is 0. The van der Waals surface area contributed by atoms with E-state index in [1.807, 2.05) is 24.4 Å². The molecule has 9 nitrogen and oxygen atoms in total. The van der Waals surface area contributed by atoms with Crippen molar-refractivity contribution < 1.29 is 24.3 Å². The first-order chi connectivity index (χ1) is 13.8. The second kappa shape index (κ2) is 8.50. The van der Waals surface area contributed by atoms with Gasteiger partial charge in [0, 0.05) is 18.0 Å². The molecule has 0 radical (unpaired) electrons. The van der Waals surface area contributed by atoms with Crippen LogP contribution in [0.25, 0.3) is 0 Å². The number of nitrogens with one attached hydrogen (secondary N) is 2. The number of thiophene rings is 1. The van der Waals surface area contributed by atoms with Crippen molar-refractivity contribution in [2.75, 3.05) is 13.1 Å². The van der Waals surface area contributed by atoms with Crippen LogP contribution in [0.1, 0.15) is 43.5 Å². The Morgan fingerprint density at radius 1 is 1.34 bits per heavy atom. The maximum absolute atomic E-state index is 13.2. The maximum atomic E-state index is 13.2. The molecule has 2 saturated heterocycles. The Morgan fingerprint density at radius 3 is 2.69 bits per heavy atom. The van der Waals surface area contributed by atoms with Crippen molar-refractivity contribution in [3.8, 4) is 0 Å². The lowest BCUT2D eigenvalue weighted by Gasteiger charge is -2.31. The summed E-state index contributed by atoms with van der Waals surface area (Å²) in [7, 11) is 0. The number of carboxylic acids is 1. The van der Waals surface area contributed by atoms with Crippen molar-refractivity contribution in [3.63, 3.8) is 0 Å². The topological polar surface area (TPSA) is 142 Å². The number of unbranched alkanes of at least 4 members (excludes halogenated alkanes) is 1. The molecule has 5 N–H and O–H groups in total. The van der Waals surface area contributed by atoms with E-state index < -0.39 is 41.3 Å². The summed E-state index contributed by atoms with van der Waals surface area (Å²) >= 11 is 1.43. The summed E-state index contributed by atoms with van der Waals surface area (Å²) in [6, 6.07) is 2.45. The number of fused-ring (bicyclic) bond motifs is 1. The van der Waals surface area contributed by atoms with E-state index in [0.717, 1.165) is 11.3 Å². The summed E-state index contributed by atoms with van der Waals surface area (Å²) in [4.78, 5) is 51.7. The van der Waals surface area contributed by atoms with E-state index in [1.54, 1.807) is 0 Å². The van der Waals surface area contributed by atoms with E-state index in [0.29, 0.717) is 19.4 Å². The average Bonchev–Trinajstić information content (AvgIpc) is 3.36. The van der Waals surface area contributed by atoms with Crippen molar-refractivity contribution in [2.45, 2.75) is 44.2 Å². The molecule has 4 unspecified atom stereocenters. The molecule has 2 aliphatic heterocycles. The number of imide groups is 1. The van der Waals surface area contributed by atoms with Crippen LogP contribution in [0.15, 0.2) is 17.5 Å². The van der Waals surface area contributed by atoms with E-state index in [-0.39, 0.29) is 18.9 Å². The summed E-state index contributed by atoms with van der Waals surface area (Å²) in [5, 5.41) is 17.6. The smallest absolute Gasteiger partial charge is 0.324 e. The molecule has 4 atom stereocenters. The maximum Gasteiger partial charge on any atom is 0.324 e. The first-order valence-electron chi connectivity index (χ1n) is 9.76. The lowest BCUT2D eigenvalue weighted by atomic mass is 9.77. The van der Waals surface area contributed by atoms with Crippen LogP contribution in [0.2, 0.25) is 0 Å². The number of primary amides is 1. The van der Waals surface area contributed by atoms with Crippen LogP contribution in [-0.4, -0.2) is 52.4 Å². The van der Waals surface area contributed by atoms with Crippen molar-refractivity contribution >= 4 is 35.2 Å². The Bertz CT molecular complexity index is 799. The molecule has 158 valence electrons. The fraction of sp³-hybridized carbons (Fsp3) is 0.579. The van der Waals surface area contributed by atoms with E-state index in [1.165, 1.54) is 16.2 Å². The zero-order chi connectivity index (χ0) is 21.2. The molecule has 1 aromatic rings. The van der Waals surface area contributed by atoms with E-state index in [2.05, 4.69) is 10.6 Å². The van der Waals surface area contributed by atoms with Gasteiger partial charge >= 0.3 is 12.0 Å². The third-order valence-corrected chi connectivity index (χ3v) is 6.71. The fourth-order valence-electron chi connectivity index (χ4n) is 4.42. The number of hydrogen-bond acceptors (Lipinski definition) is 6. The van der Waals surface area contributed by atoms with Gasteiger partial charge in [0.05, 0.1) is 17.9 Å². The molecule has 3 heterocycles. The molecule has 1 aromatic heterocycles. The van der Waals surface area contributed by atoms with Gasteiger partial charge in [0.2, 0.25) is 11.8 Å². The Labute approximate surface area is 172 Å². The number of carbonyl (C=O) groups is 4. The van der Waals surface area contributed by atoms with Gasteiger partial charge < -0.3 is 16.2 Å². The first kappa shape index (κ1) is 21.3. The monoisotopic (exact) mass is 422 g/mol. The van der Waals surface area contributed by atoms with Crippen LogP contribution >= 0.6 is 11.3 Å². The average molecular weight is 423 g/mol. The summed E-state index contributed by atoms with van der Waals surface area (Å²) in [5.41, 5.74) is 3.49. The standard InChI is InChI=1S/C19H26N4O5S/c1-2-3-9-23-15(24)12-13(16(23)25)19(17(26)27,7-5-8-21-18(20)28)22-14(12)11-6-4-10-29-11/h4,6,10,12-14,22H,2-3,5,7-9H2,1H3,(H,26,27)(H3,20,21,28). The number of nitrogens with two attached hydrogens (primary N) is 1. The highest BCUT2D eigenvalue weighted by atomic mass is 32.1. The molecule has 10 heteroatoms. The predicted octanol–water partition coefficient (Wildman–Crippen LogP) is 1.07. The molecule has 0 saturated carbocycles. The highest BCUT2D eigenvalue weighted by Gasteiger charge is 2.68. The van der Waals surface area contributed by atoms with Gasteiger partial charge in [-0.1, -0.05) is 19.4 Å². The Balaban J connectivity index is 1.95. The van der Waals surface area contributed by atoms with Crippen molar-refractivity contribution in [2.24, 2.45) is 17.6 Å². The minimum atomic E-state index is -1.58. The van der Waals surface area contributed by atoms with E-state index in [9.17, 15) is 24.3 Å². The number of amides is 4. The van der Waals surface area contributed by atoms with Gasteiger partial charge in [-0.3, -0.25) is 24.6 Å². The lowest BCUT2D eigenvalue weighted by molar-refractivity contribution is -0.151. The van der Waals surface area contributed by atoms with Gasteiger partial charge in [-0.05, 0) is 30.7 Å². The second-order valence-corrected chi connectivity index (χ2v) is 8.47. The third kappa shape index (κ3) is 3.74. The summed E-state index contributed by atoms with van der Waals surface area (Å²) in [6.07, 6.45) is 1.89. The van der Waals surface area contributed by atoms with E-state index >= 15 is 0 Å². The number of urea groups is 1. The minimum absolute atomic E-state index is 0.0896. The molecule has 0 spiro atoms. The normalized spacial score (nSPS) is 28.6. The van der Waals surface area contributed by atoms with Crippen LogP contribution in [0.5, 0.6) is 0 Å². The zero-order valence-corrected chi connectivity index (χ0v) is 17.0. The van der Waals surface area contributed by atoms with Gasteiger partial charge in [-0.2, -0.15) is 0 Å². The largest absolute Gasteiger partial charge is 0.480 e. The number of aliphatic carboxylic acids is 1. The van der Waals surface area contributed by atoms with Crippen LogP contribution in [0.4, 0.5) is 4.79 Å². The van der Waals surface area contributed by atoms with Gasteiger partial charge in [-0.15, -0.1) is 11.3 Å². The number of carbonyl (C=O) groups excluding carboxylic acids is 3. The molecular weight excluding hydrogens is 396 g/mol. The van der Waals surface area contributed by atoms with Crippen LogP contribution in [-0.2, 0) is 14.4 Å². The molecule has 4 amide bonds. The Kier molecular flexibility index (Phi) is 6.23. The number of likely N-dealkylation sites (tertiary alicyclic amines) is 1. The minimum Gasteiger partial charge on any atom is -0.480 e. The van der Waals surface area contributed by atoms with E-state index in [4.69, 9.17) is 5.73 Å². The van der Waals surface area contributed by atoms with Gasteiger partial charge in [0.1, 0.15) is 5.54 Å². The number of hydrogen-bond donors (Lipinski definition) is 4. The number of carboxylic acid groups (broad SMARTS) is 1. The molecule has 3 rings (SSSR count). The van der Waals surface area contributed by atoms with Gasteiger partial charge in [-0.25, -0.2) is 4.79 Å². The van der Waals surface area contributed by atoms with Gasteiger partial charge in [0.15, 0.2) is 0 Å². The Morgan fingerprint density at radius 2 is 2.10 bits per heavy atom. The van der Waals surface area contributed by atoms with Crippen molar-refractivity contribution in [3.05, 3.63) is 22.4 Å². The second-order valence-electron chi connectivity index (χ2n) is 7.49. The number of rotatable bonds is 9. The molecule has 2 fully saturated rings. The highest BCUT2D eigenvalue weighted by Crippen LogP contribution is 2.51. The summed E-state index contributed by atoms with van der Waals surface area (Å²) in [6.45, 7) is 2.46. The van der Waals surface area contributed by atoms with Crippen molar-refractivity contribution in [1.29, 1.82) is 0 Å². The fourth-order valence-corrected chi connectivity index (χ4v) is 5.25. The highest BCUT2D eigenvalue weighted by molar-refractivity contribution is 7.10. The lowest BCUT2D eigenvalue weighted by Crippen LogP contribution is -2.56. The number of nitrogens with zero attached hydrogens (tertiary/aromatic N) is 1. The summed E-state index contributed by atoms with van der Waals surface area (Å²) in [5.74, 6) is -3.63. The van der Waals surface area contributed by atoms with Gasteiger partial charge in [0.25, 0.3) is 0 Å². The van der Waals surface area contributed by atoms with Crippen LogP contribution in [0.3, 0.4) is 0 Å². The molecule has 2 aliphatic rings. The zero-order valence-electron chi connectivity index (χ0n) is 16.2. The third-order valence-electron chi connectivity index (χ3n) is 5.76. The van der Waals surface area contributed by atoms with Crippen LogP contribution in [0, 0.1) is 11.8 Å². The molecule has 29 heavy (non-hydrogen) atoms. The quantitative estimate of drug-likeness (QED) is 0.346. The molecule has 0 bridgehead atoms. The first-order valence-corrected chi connectivity index (χ1v) is 10.6.